The second kappa shape index (κ2) is 5.78. The third kappa shape index (κ3) is 2.61. The van der Waals surface area contributed by atoms with E-state index in [1.54, 1.807) is 7.11 Å². The van der Waals surface area contributed by atoms with E-state index in [0.29, 0.717) is 0 Å². The summed E-state index contributed by atoms with van der Waals surface area (Å²) < 4.78 is 11.6. The fourth-order valence-corrected chi connectivity index (χ4v) is 3.01. The van der Waals surface area contributed by atoms with Crippen LogP contribution in [0.5, 0.6) is 11.5 Å². The largest absolute Gasteiger partial charge is 0.497 e. The topological polar surface area (TPSA) is 30.5 Å². The van der Waals surface area contributed by atoms with Gasteiger partial charge in [-0.05, 0) is 48.9 Å². The molecule has 0 saturated heterocycles. The second-order valence-corrected chi connectivity index (χ2v) is 5.46. The van der Waals surface area contributed by atoms with Crippen molar-refractivity contribution in [2.24, 2.45) is 0 Å². The van der Waals surface area contributed by atoms with E-state index >= 15 is 0 Å². The second-order valence-electron chi connectivity index (χ2n) is 5.46. The maximum atomic E-state index is 6.26. The number of nitrogens with one attached hydrogen (secondary N) is 1. The van der Waals surface area contributed by atoms with Crippen LogP contribution in [0.2, 0.25) is 0 Å². The molecule has 0 radical (unpaired) electrons. The average Bonchev–Trinajstić information content (AvgIpc) is 2.85. The maximum Gasteiger partial charge on any atom is 0.122 e. The van der Waals surface area contributed by atoms with Crippen molar-refractivity contribution in [1.82, 2.24) is 5.32 Å². The Balaban J connectivity index is 1.87. The molecule has 0 saturated carbocycles. The highest BCUT2D eigenvalue weighted by atomic mass is 16.5. The first-order valence-electron chi connectivity index (χ1n) is 7.29. The molecule has 2 aromatic rings. The molecule has 1 aliphatic carbocycles. The fourth-order valence-electron chi connectivity index (χ4n) is 3.01. The van der Waals surface area contributed by atoms with Crippen LogP contribution in [0.15, 0.2) is 42.5 Å². The summed E-state index contributed by atoms with van der Waals surface area (Å²) in [4.78, 5) is 0. The number of rotatable bonds is 4. The third-order valence-corrected chi connectivity index (χ3v) is 4.16. The Bertz CT molecular complexity index is 639. The fraction of sp³-hybridized carbons (Fsp3) is 0.333. The van der Waals surface area contributed by atoms with E-state index in [1.807, 2.05) is 31.3 Å². The lowest BCUT2D eigenvalue weighted by molar-refractivity contribution is 0.170. The van der Waals surface area contributed by atoms with Crippen LogP contribution in [0.1, 0.15) is 22.7 Å². The van der Waals surface area contributed by atoms with E-state index in [1.165, 1.54) is 16.7 Å². The first-order valence-corrected chi connectivity index (χ1v) is 7.29. The van der Waals surface area contributed by atoms with Gasteiger partial charge in [0.05, 0.1) is 13.2 Å². The Hall–Kier alpha value is -2.00. The minimum atomic E-state index is 0.109. The Morgan fingerprint density at radius 2 is 1.95 bits per heavy atom. The molecule has 0 heterocycles. The van der Waals surface area contributed by atoms with Crippen LogP contribution in [0, 0.1) is 6.92 Å². The Labute approximate surface area is 125 Å². The van der Waals surface area contributed by atoms with Crippen molar-refractivity contribution in [2.45, 2.75) is 25.5 Å². The molecule has 3 nitrogen and oxygen atoms in total. The molecule has 0 spiro atoms. The van der Waals surface area contributed by atoms with Gasteiger partial charge in [0, 0.05) is 6.42 Å². The summed E-state index contributed by atoms with van der Waals surface area (Å²) in [6, 6.07) is 14.6. The highest BCUT2D eigenvalue weighted by Gasteiger charge is 2.33. The van der Waals surface area contributed by atoms with Gasteiger partial charge in [-0.25, -0.2) is 0 Å². The molecule has 0 amide bonds. The van der Waals surface area contributed by atoms with Gasteiger partial charge in [-0.1, -0.05) is 24.3 Å². The normalized spacial score (nSPS) is 20.1. The number of hydrogen-bond donors (Lipinski definition) is 1. The van der Waals surface area contributed by atoms with Crippen LogP contribution in [0.3, 0.4) is 0 Å². The summed E-state index contributed by atoms with van der Waals surface area (Å²) >= 11 is 0. The predicted octanol–water partition coefficient (Wildman–Crippen LogP) is 3.27. The molecule has 110 valence electrons. The number of benzene rings is 2. The van der Waals surface area contributed by atoms with E-state index in [0.717, 1.165) is 17.9 Å². The van der Waals surface area contributed by atoms with Gasteiger partial charge in [-0.2, -0.15) is 0 Å². The summed E-state index contributed by atoms with van der Waals surface area (Å²) in [5.41, 5.74) is 3.77. The van der Waals surface area contributed by atoms with Crippen LogP contribution < -0.4 is 14.8 Å². The highest BCUT2D eigenvalue weighted by molar-refractivity contribution is 5.43. The first kappa shape index (κ1) is 14.0. The van der Waals surface area contributed by atoms with Crippen LogP contribution >= 0.6 is 0 Å². The van der Waals surface area contributed by atoms with Crippen LogP contribution in [-0.4, -0.2) is 20.3 Å². The van der Waals surface area contributed by atoms with E-state index in [4.69, 9.17) is 9.47 Å². The molecule has 2 unspecified atom stereocenters. The van der Waals surface area contributed by atoms with Gasteiger partial charge in [0.2, 0.25) is 0 Å². The molecule has 0 bridgehead atoms. The molecule has 1 N–H and O–H groups in total. The number of para-hydroxylation sites is 1. The SMILES string of the molecule is CNC1c2cc(OC)ccc2CC1Oc1ccccc1C. The lowest BCUT2D eigenvalue weighted by Gasteiger charge is -2.22. The maximum absolute atomic E-state index is 6.26. The zero-order valence-corrected chi connectivity index (χ0v) is 12.7. The summed E-state index contributed by atoms with van der Waals surface area (Å²) in [5, 5.41) is 3.38. The van der Waals surface area contributed by atoms with E-state index < -0.39 is 0 Å². The van der Waals surface area contributed by atoms with Gasteiger partial charge >= 0.3 is 0 Å². The van der Waals surface area contributed by atoms with Crippen LogP contribution in [0.4, 0.5) is 0 Å². The molecule has 0 aliphatic heterocycles. The zero-order chi connectivity index (χ0) is 14.8. The lowest BCUT2D eigenvalue weighted by atomic mass is 10.1. The number of hydrogen-bond acceptors (Lipinski definition) is 3. The molecule has 2 atom stereocenters. The van der Waals surface area contributed by atoms with Crippen molar-refractivity contribution in [1.29, 1.82) is 0 Å². The molecule has 3 rings (SSSR count). The highest BCUT2D eigenvalue weighted by Crippen LogP contribution is 2.36. The van der Waals surface area contributed by atoms with Crippen molar-refractivity contribution in [2.75, 3.05) is 14.2 Å². The van der Waals surface area contributed by atoms with Crippen molar-refractivity contribution in [3.8, 4) is 11.5 Å². The van der Waals surface area contributed by atoms with Gasteiger partial charge in [-0.3, -0.25) is 0 Å². The lowest BCUT2D eigenvalue weighted by Crippen LogP contribution is -2.30. The van der Waals surface area contributed by atoms with Crippen molar-refractivity contribution in [3.05, 3.63) is 59.2 Å². The number of fused-ring (bicyclic) bond motifs is 1. The summed E-state index contributed by atoms with van der Waals surface area (Å²) in [7, 11) is 3.68. The summed E-state index contributed by atoms with van der Waals surface area (Å²) in [6.07, 6.45) is 1.03. The molecule has 1 aliphatic rings. The first-order chi connectivity index (χ1) is 10.2. The zero-order valence-electron chi connectivity index (χ0n) is 12.7. The van der Waals surface area contributed by atoms with Gasteiger partial charge < -0.3 is 14.8 Å². The molecule has 3 heteroatoms. The smallest absolute Gasteiger partial charge is 0.122 e. The molecule has 0 aromatic heterocycles. The Morgan fingerprint density at radius 3 is 2.67 bits per heavy atom. The molecule has 0 fully saturated rings. The summed E-state index contributed by atoms with van der Waals surface area (Å²) in [5.74, 6) is 1.85. The molecule has 2 aromatic carbocycles. The molecular formula is C18H21NO2. The Morgan fingerprint density at radius 1 is 1.14 bits per heavy atom. The average molecular weight is 283 g/mol. The van der Waals surface area contributed by atoms with Gasteiger partial charge in [0.25, 0.3) is 0 Å². The number of ether oxygens (including phenoxy) is 2. The predicted molar refractivity (Wildman–Crippen MR) is 84.1 cm³/mol. The minimum Gasteiger partial charge on any atom is -0.497 e. The van der Waals surface area contributed by atoms with Gasteiger partial charge in [-0.15, -0.1) is 0 Å². The minimum absolute atomic E-state index is 0.109. The number of methoxy groups -OCH3 is 1. The van der Waals surface area contributed by atoms with Crippen molar-refractivity contribution in [3.63, 3.8) is 0 Å². The van der Waals surface area contributed by atoms with Gasteiger partial charge in [0.15, 0.2) is 0 Å². The van der Waals surface area contributed by atoms with E-state index in [-0.39, 0.29) is 12.1 Å². The number of aryl methyl sites for hydroxylation is 1. The standard InChI is InChI=1S/C18H21NO2/c1-12-6-4-5-7-16(12)21-17-10-13-8-9-14(20-3)11-15(13)18(17)19-2/h4-9,11,17-19H,10H2,1-3H3. The quantitative estimate of drug-likeness (QED) is 0.934. The van der Waals surface area contributed by atoms with Crippen LogP contribution in [-0.2, 0) is 6.42 Å². The van der Waals surface area contributed by atoms with E-state index in [9.17, 15) is 0 Å². The van der Waals surface area contributed by atoms with Crippen molar-refractivity contribution < 1.29 is 9.47 Å². The molecule has 21 heavy (non-hydrogen) atoms. The third-order valence-electron chi connectivity index (χ3n) is 4.16. The van der Waals surface area contributed by atoms with Crippen molar-refractivity contribution >= 4 is 0 Å². The van der Waals surface area contributed by atoms with Gasteiger partial charge in [0.1, 0.15) is 17.6 Å². The molecular weight excluding hydrogens is 262 g/mol. The monoisotopic (exact) mass is 283 g/mol. The summed E-state index contributed by atoms with van der Waals surface area (Å²) in [6.45, 7) is 2.08. The van der Waals surface area contributed by atoms with Crippen LogP contribution in [0.25, 0.3) is 0 Å². The Kier molecular flexibility index (Phi) is 3.84. The van der Waals surface area contributed by atoms with E-state index in [2.05, 4.69) is 30.4 Å². The number of likely N-dealkylation sites (N-methyl/N-ethyl adjacent to an activating group) is 1.